The van der Waals surface area contributed by atoms with Crippen LogP contribution in [0.1, 0.15) is 29.5 Å². The molecule has 0 heterocycles. The molecule has 0 fully saturated rings. The number of halogens is 1. The van der Waals surface area contributed by atoms with Gasteiger partial charge in [0, 0.05) is 5.69 Å². The number of hydrogen-bond acceptors (Lipinski definition) is 2. The number of nitrogens with two attached hydrogens (primary N) is 1. The third-order valence-corrected chi connectivity index (χ3v) is 4.00. The molecule has 3 N–H and O–H groups in total. The molecule has 2 aromatic carbocycles. The van der Waals surface area contributed by atoms with Gasteiger partial charge in [-0.05, 0) is 67.5 Å². The molecule has 1 aliphatic rings. The Morgan fingerprint density at radius 1 is 1.10 bits per heavy atom. The minimum absolute atomic E-state index is 0.261. The monoisotopic (exact) mass is 270 g/mol. The molecule has 20 heavy (non-hydrogen) atoms. The third-order valence-electron chi connectivity index (χ3n) is 4.00. The zero-order valence-electron chi connectivity index (χ0n) is 11.7. The lowest BCUT2D eigenvalue weighted by Gasteiger charge is -2.21. The smallest absolute Gasteiger partial charge is 0.128 e. The van der Waals surface area contributed by atoms with Gasteiger partial charge in [0.15, 0.2) is 0 Å². The molecule has 0 radical (unpaired) electrons. The van der Waals surface area contributed by atoms with E-state index in [1.54, 1.807) is 13.0 Å². The molecule has 0 spiro atoms. The van der Waals surface area contributed by atoms with E-state index in [1.807, 2.05) is 0 Å². The summed E-state index contributed by atoms with van der Waals surface area (Å²) in [4.78, 5) is 0. The number of nitrogen functional groups attached to an aromatic ring is 1. The van der Waals surface area contributed by atoms with Crippen molar-refractivity contribution in [3.05, 3.63) is 52.8 Å². The molecule has 0 saturated heterocycles. The minimum atomic E-state index is -0.261. The second-order valence-corrected chi connectivity index (χ2v) is 5.46. The van der Waals surface area contributed by atoms with E-state index in [1.165, 1.54) is 30.0 Å². The van der Waals surface area contributed by atoms with Crippen LogP contribution in [0.5, 0.6) is 0 Å². The number of hydrogen-bond donors (Lipinski definition) is 2. The molecule has 104 valence electrons. The molecule has 0 aliphatic heterocycles. The highest BCUT2D eigenvalue weighted by molar-refractivity contribution is 5.75. The van der Waals surface area contributed by atoms with Crippen molar-refractivity contribution in [1.29, 1.82) is 0 Å². The van der Waals surface area contributed by atoms with Gasteiger partial charge in [-0.1, -0.05) is 12.1 Å². The van der Waals surface area contributed by atoms with Crippen molar-refractivity contribution in [3.8, 4) is 0 Å². The number of anilines is 3. The summed E-state index contributed by atoms with van der Waals surface area (Å²) in [6, 6.07) is 9.49. The molecule has 2 aromatic rings. The van der Waals surface area contributed by atoms with Crippen molar-refractivity contribution >= 4 is 17.1 Å². The second-order valence-electron chi connectivity index (χ2n) is 5.46. The molecular formula is C17H19FN2. The standard InChI is InChI=1S/C17H19FN2/c1-11-9-17(15(19)10-14(11)18)20-16-8-4-6-12-5-2-3-7-13(12)16/h4,6,8-10,20H,2-3,5,7,19H2,1H3. The minimum Gasteiger partial charge on any atom is -0.397 e. The van der Waals surface area contributed by atoms with Gasteiger partial charge in [-0.15, -0.1) is 0 Å². The van der Waals surface area contributed by atoms with Gasteiger partial charge >= 0.3 is 0 Å². The van der Waals surface area contributed by atoms with Crippen LogP contribution in [0.15, 0.2) is 30.3 Å². The first kappa shape index (κ1) is 13.0. The van der Waals surface area contributed by atoms with Gasteiger partial charge in [-0.25, -0.2) is 4.39 Å². The normalized spacial score (nSPS) is 13.9. The van der Waals surface area contributed by atoms with Crippen LogP contribution in [-0.2, 0) is 12.8 Å². The van der Waals surface area contributed by atoms with E-state index in [9.17, 15) is 4.39 Å². The summed E-state index contributed by atoms with van der Waals surface area (Å²) in [6.07, 6.45) is 4.72. The Morgan fingerprint density at radius 3 is 2.75 bits per heavy atom. The number of nitrogens with one attached hydrogen (secondary N) is 1. The van der Waals surface area contributed by atoms with Gasteiger partial charge in [0.1, 0.15) is 5.82 Å². The van der Waals surface area contributed by atoms with Crippen LogP contribution in [0.4, 0.5) is 21.5 Å². The second kappa shape index (κ2) is 5.16. The zero-order chi connectivity index (χ0) is 14.1. The van der Waals surface area contributed by atoms with E-state index in [2.05, 4.69) is 23.5 Å². The summed E-state index contributed by atoms with van der Waals surface area (Å²) in [7, 11) is 0. The van der Waals surface area contributed by atoms with Gasteiger partial charge in [-0.3, -0.25) is 0 Å². The predicted octanol–water partition coefficient (Wildman–Crippen LogP) is 4.34. The maximum Gasteiger partial charge on any atom is 0.128 e. The van der Waals surface area contributed by atoms with Crippen molar-refractivity contribution in [3.63, 3.8) is 0 Å². The van der Waals surface area contributed by atoms with Crippen LogP contribution in [0.2, 0.25) is 0 Å². The highest BCUT2D eigenvalue weighted by atomic mass is 19.1. The SMILES string of the molecule is Cc1cc(Nc2cccc3c2CCCC3)c(N)cc1F. The largest absolute Gasteiger partial charge is 0.397 e. The van der Waals surface area contributed by atoms with Gasteiger partial charge in [0.05, 0.1) is 11.4 Å². The van der Waals surface area contributed by atoms with E-state index in [0.717, 1.165) is 24.2 Å². The van der Waals surface area contributed by atoms with Crippen LogP contribution in [0.3, 0.4) is 0 Å². The van der Waals surface area contributed by atoms with Crippen molar-refractivity contribution in [1.82, 2.24) is 0 Å². The Bertz CT molecular complexity index is 650. The summed E-state index contributed by atoms with van der Waals surface area (Å²) >= 11 is 0. The van der Waals surface area contributed by atoms with E-state index in [0.29, 0.717) is 11.3 Å². The fraction of sp³-hybridized carbons (Fsp3) is 0.294. The lowest BCUT2D eigenvalue weighted by atomic mass is 9.90. The average Bonchev–Trinajstić information content (AvgIpc) is 2.45. The van der Waals surface area contributed by atoms with Crippen molar-refractivity contribution in [2.75, 3.05) is 11.1 Å². The molecule has 0 unspecified atom stereocenters. The number of benzene rings is 2. The van der Waals surface area contributed by atoms with E-state index >= 15 is 0 Å². The Kier molecular flexibility index (Phi) is 3.35. The van der Waals surface area contributed by atoms with E-state index in [-0.39, 0.29) is 5.82 Å². The van der Waals surface area contributed by atoms with Gasteiger partial charge in [-0.2, -0.15) is 0 Å². The van der Waals surface area contributed by atoms with Crippen LogP contribution >= 0.6 is 0 Å². The molecule has 0 bridgehead atoms. The molecule has 0 amide bonds. The molecule has 3 heteroatoms. The lowest BCUT2D eigenvalue weighted by Crippen LogP contribution is -2.07. The highest BCUT2D eigenvalue weighted by Gasteiger charge is 2.14. The van der Waals surface area contributed by atoms with Crippen molar-refractivity contribution in [2.45, 2.75) is 32.6 Å². The fourth-order valence-corrected chi connectivity index (χ4v) is 2.85. The zero-order valence-corrected chi connectivity index (χ0v) is 11.7. The van der Waals surface area contributed by atoms with Crippen molar-refractivity contribution in [2.24, 2.45) is 0 Å². The van der Waals surface area contributed by atoms with Gasteiger partial charge in [0.2, 0.25) is 0 Å². The Hall–Kier alpha value is -2.03. The summed E-state index contributed by atoms with van der Waals surface area (Å²) in [6.45, 7) is 1.75. The van der Waals surface area contributed by atoms with E-state index in [4.69, 9.17) is 5.73 Å². The Balaban J connectivity index is 1.98. The topological polar surface area (TPSA) is 38.0 Å². The fourth-order valence-electron chi connectivity index (χ4n) is 2.85. The molecule has 1 aliphatic carbocycles. The highest BCUT2D eigenvalue weighted by Crippen LogP contribution is 2.32. The summed E-state index contributed by atoms with van der Waals surface area (Å²) in [5.74, 6) is -0.261. The number of rotatable bonds is 2. The molecule has 0 saturated carbocycles. The Morgan fingerprint density at radius 2 is 1.90 bits per heavy atom. The van der Waals surface area contributed by atoms with E-state index < -0.39 is 0 Å². The lowest BCUT2D eigenvalue weighted by molar-refractivity contribution is 0.619. The molecule has 3 rings (SSSR count). The summed E-state index contributed by atoms with van der Waals surface area (Å²) < 4.78 is 13.5. The molecular weight excluding hydrogens is 251 g/mol. The maximum atomic E-state index is 13.5. The molecule has 0 atom stereocenters. The maximum absolute atomic E-state index is 13.5. The molecule has 0 aromatic heterocycles. The first-order valence-corrected chi connectivity index (χ1v) is 7.08. The third kappa shape index (κ3) is 2.36. The number of fused-ring (bicyclic) bond motifs is 1. The summed E-state index contributed by atoms with van der Waals surface area (Å²) in [5, 5.41) is 3.38. The van der Waals surface area contributed by atoms with Crippen LogP contribution < -0.4 is 11.1 Å². The predicted molar refractivity (Wildman–Crippen MR) is 81.9 cm³/mol. The molecule has 2 nitrogen and oxygen atoms in total. The Labute approximate surface area is 118 Å². The first-order valence-electron chi connectivity index (χ1n) is 7.08. The average molecular weight is 270 g/mol. The van der Waals surface area contributed by atoms with Crippen LogP contribution in [0.25, 0.3) is 0 Å². The van der Waals surface area contributed by atoms with Crippen molar-refractivity contribution < 1.29 is 4.39 Å². The van der Waals surface area contributed by atoms with Gasteiger partial charge in [0.25, 0.3) is 0 Å². The first-order chi connectivity index (χ1) is 9.65. The van der Waals surface area contributed by atoms with Gasteiger partial charge < -0.3 is 11.1 Å². The van der Waals surface area contributed by atoms with Crippen LogP contribution in [-0.4, -0.2) is 0 Å². The van der Waals surface area contributed by atoms with Crippen LogP contribution in [0, 0.1) is 12.7 Å². The number of aryl methyl sites for hydroxylation is 2. The quantitative estimate of drug-likeness (QED) is 0.797. The summed E-state index contributed by atoms with van der Waals surface area (Å²) in [5.41, 5.74) is 11.6.